The Labute approximate surface area is 87.7 Å². The minimum Gasteiger partial charge on any atom is -0.285 e. The second kappa shape index (κ2) is 2.79. The van der Waals surface area contributed by atoms with Crippen molar-refractivity contribution >= 4 is 21.8 Å². The first-order chi connectivity index (χ1) is 7.68. The van der Waals surface area contributed by atoms with Crippen LogP contribution in [0.5, 0.6) is 0 Å². The van der Waals surface area contributed by atoms with Crippen molar-refractivity contribution in [2.75, 3.05) is 0 Å². The van der Waals surface area contributed by atoms with Gasteiger partial charge in [0.2, 0.25) is 5.43 Å². The Morgan fingerprint density at radius 2 is 1.69 bits per heavy atom. The summed E-state index contributed by atoms with van der Waals surface area (Å²) in [6, 6.07) is 4.76. The summed E-state index contributed by atoms with van der Waals surface area (Å²) in [6.07, 6.45) is 1.56. The average molecular weight is 212 g/mol. The molecule has 0 aliphatic rings. The molecule has 3 aromatic rings. The van der Waals surface area contributed by atoms with Gasteiger partial charge in [0.05, 0.1) is 16.4 Å². The normalized spacial score (nSPS) is 11.2. The molecule has 76 valence electrons. The highest BCUT2D eigenvalue weighted by Crippen LogP contribution is 2.18. The zero-order chi connectivity index (χ0) is 11.3. The molecule has 3 rings (SSSR count). The number of pyridine rings is 1. The second-order valence-electron chi connectivity index (χ2n) is 3.41. The number of hydrogen-bond donors (Lipinski definition) is 0. The van der Waals surface area contributed by atoms with Gasteiger partial charge in [-0.2, -0.15) is 0 Å². The molecule has 16 heavy (non-hydrogen) atoms. The van der Waals surface area contributed by atoms with Crippen molar-refractivity contribution in [3.63, 3.8) is 0 Å². The van der Waals surface area contributed by atoms with Crippen LogP contribution in [0.15, 0.2) is 38.8 Å². The Balaban J connectivity index is 2.78. The summed E-state index contributed by atoms with van der Waals surface area (Å²) in [5.41, 5.74) is -1.97. The van der Waals surface area contributed by atoms with E-state index in [2.05, 4.69) is 9.97 Å². The molecular formula is C11H4N2O3. The molecule has 0 bridgehead atoms. The third kappa shape index (κ3) is 0.967. The lowest BCUT2D eigenvalue weighted by Gasteiger charge is -1.94. The zero-order valence-corrected chi connectivity index (χ0v) is 7.93. The van der Waals surface area contributed by atoms with E-state index in [-0.39, 0.29) is 10.9 Å². The summed E-state index contributed by atoms with van der Waals surface area (Å²) in [5.74, 6) is 0. The molecule has 0 unspecified atom stereocenters. The quantitative estimate of drug-likeness (QED) is 0.480. The minimum absolute atomic E-state index is 0.171. The Kier molecular flexibility index (Phi) is 1.54. The van der Waals surface area contributed by atoms with Crippen LogP contribution in [0.1, 0.15) is 0 Å². The fourth-order valence-corrected chi connectivity index (χ4v) is 1.74. The van der Waals surface area contributed by atoms with Crippen LogP contribution in [0, 0.1) is 0 Å². The Hall–Kier alpha value is -2.43. The van der Waals surface area contributed by atoms with Gasteiger partial charge in [-0.25, -0.2) is 4.98 Å². The molecule has 2 heterocycles. The molecule has 0 radical (unpaired) electrons. The molecule has 5 heteroatoms. The number of aromatic nitrogens is 2. The summed E-state index contributed by atoms with van der Waals surface area (Å²) in [5, 5.41) is 0.789. The van der Waals surface area contributed by atoms with E-state index in [0.717, 1.165) is 0 Å². The van der Waals surface area contributed by atoms with Crippen molar-refractivity contribution in [1.82, 2.24) is 9.97 Å². The van der Waals surface area contributed by atoms with E-state index < -0.39 is 16.4 Å². The third-order valence-corrected chi connectivity index (χ3v) is 2.51. The molecule has 0 amide bonds. The highest BCUT2D eigenvalue weighted by Gasteiger charge is 2.11. The van der Waals surface area contributed by atoms with E-state index in [1.165, 1.54) is 6.07 Å². The summed E-state index contributed by atoms with van der Waals surface area (Å²) in [6.45, 7) is 0. The first-order valence-corrected chi connectivity index (χ1v) is 4.57. The first kappa shape index (κ1) is 8.84. The van der Waals surface area contributed by atoms with E-state index in [4.69, 9.17) is 0 Å². The predicted molar refractivity (Wildman–Crippen MR) is 58.2 cm³/mol. The Morgan fingerprint density at radius 3 is 2.50 bits per heavy atom. The van der Waals surface area contributed by atoms with Crippen molar-refractivity contribution in [2.24, 2.45) is 0 Å². The van der Waals surface area contributed by atoms with Gasteiger partial charge in [-0.15, -0.1) is 0 Å². The van der Waals surface area contributed by atoms with Gasteiger partial charge in [-0.1, -0.05) is 0 Å². The fraction of sp³-hybridized carbons (Fsp3) is 0. The van der Waals surface area contributed by atoms with Gasteiger partial charge in [0, 0.05) is 11.6 Å². The Morgan fingerprint density at radius 1 is 0.875 bits per heavy atom. The minimum atomic E-state index is -1.08. The van der Waals surface area contributed by atoms with Crippen molar-refractivity contribution in [3.05, 3.63) is 55.2 Å². The summed E-state index contributed by atoms with van der Waals surface area (Å²) < 4.78 is 0. The molecular weight excluding hydrogens is 208 g/mol. The summed E-state index contributed by atoms with van der Waals surface area (Å²) in [4.78, 5) is 41.5. The van der Waals surface area contributed by atoms with Crippen LogP contribution in [0.25, 0.3) is 21.8 Å². The smallest absolute Gasteiger partial charge is 0.285 e. The maximum Gasteiger partial charge on any atom is 0.322 e. The second-order valence-corrected chi connectivity index (χ2v) is 3.41. The number of hydrogen-bond acceptors (Lipinski definition) is 5. The van der Waals surface area contributed by atoms with Gasteiger partial charge in [0.1, 0.15) is 0 Å². The predicted octanol–water partition coefficient (Wildman–Crippen LogP) is -0.261. The van der Waals surface area contributed by atoms with Crippen LogP contribution in [-0.2, 0) is 0 Å². The van der Waals surface area contributed by atoms with Crippen molar-refractivity contribution in [1.29, 1.82) is 0 Å². The molecule has 0 aliphatic carbocycles. The molecule has 5 nitrogen and oxygen atoms in total. The standard InChI is InChI=1S/C11H4N2O3/c14-9-6-1-2-7-5(3-4-12-7)8(6)13-11(16)10(9)15/h1-4H. The number of rotatable bonds is 0. The lowest BCUT2D eigenvalue weighted by Crippen LogP contribution is -2.39. The van der Waals surface area contributed by atoms with Gasteiger partial charge in [0.25, 0.3) is 5.43 Å². The van der Waals surface area contributed by atoms with Gasteiger partial charge in [-0.3, -0.25) is 19.4 Å². The monoisotopic (exact) mass is 212 g/mol. The van der Waals surface area contributed by atoms with Crippen LogP contribution < -0.4 is 16.4 Å². The lowest BCUT2D eigenvalue weighted by molar-refractivity contribution is 1.24. The Bertz CT molecular complexity index is 860. The van der Waals surface area contributed by atoms with Crippen LogP contribution in [0.2, 0.25) is 0 Å². The summed E-state index contributed by atoms with van der Waals surface area (Å²) in [7, 11) is 0. The fourth-order valence-electron chi connectivity index (χ4n) is 1.74. The molecule has 0 N–H and O–H groups in total. The molecule has 0 saturated carbocycles. The first-order valence-electron chi connectivity index (χ1n) is 4.57. The molecule has 0 spiro atoms. The van der Waals surface area contributed by atoms with Gasteiger partial charge in [0.15, 0.2) is 0 Å². The molecule has 0 saturated heterocycles. The van der Waals surface area contributed by atoms with E-state index >= 15 is 0 Å². The topological polar surface area (TPSA) is 77.0 Å². The maximum atomic E-state index is 11.5. The van der Waals surface area contributed by atoms with E-state index in [0.29, 0.717) is 10.9 Å². The van der Waals surface area contributed by atoms with Crippen molar-refractivity contribution < 1.29 is 0 Å². The van der Waals surface area contributed by atoms with E-state index in [9.17, 15) is 14.4 Å². The SMILES string of the molecule is O=c1nc2c(ccc3nccc32)c(=O)c1=O. The molecule has 0 atom stereocenters. The number of fused-ring (bicyclic) bond motifs is 3. The number of nitrogens with zero attached hydrogens (tertiary/aromatic N) is 2. The zero-order valence-electron chi connectivity index (χ0n) is 7.93. The molecule has 1 aromatic carbocycles. The third-order valence-electron chi connectivity index (χ3n) is 2.51. The van der Waals surface area contributed by atoms with Gasteiger partial charge < -0.3 is 0 Å². The molecule has 2 aromatic heterocycles. The lowest BCUT2D eigenvalue weighted by atomic mass is 10.1. The van der Waals surface area contributed by atoms with Gasteiger partial charge in [-0.05, 0) is 18.2 Å². The maximum absolute atomic E-state index is 11.5. The van der Waals surface area contributed by atoms with Crippen LogP contribution in [0.4, 0.5) is 0 Å². The average Bonchev–Trinajstić information content (AvgIpc) is 2.74. The van der Waals surface area contributed by atoms with Crippen molar-refractivity contribution in [2.45, 2.75) is 0 Å². The summed E-state index contributed by atoms with van der Waals surface area (Å²) >= 11 is 0. The molecule has 0 aliphatic heterocycles. The van der Waals surface area contributed by atoms with E-state index in [1.54, 1.807) is 18.3 Å². The molecule has 0 fully saturated rings. The van der Waals surface area contributed by atoms with E-state index in [1.807, 2.05) is 0 Å². The van der Waals surface area contributed by atoms with Gasteiger partial charge >= 0.3 is 5.56 Å². The highest BCUT2D eigenvalue weighted by molar-refractivity contribution is 6.03. The van der Waals surface area contributed by atoms with Crippen LogP contribution >= 0.6 is 0 Å². The number of benzene rings is 1. The largest absolute Gasteiger partial charge is 0.322 e. The van der Waals surface area contributed by atoms with Crippen LogP contribution in [0.3, 0.4) is 0 Å². The van der Waals surface area contributed by atoms with Crippen LogP contribution in [-0.4, -0.2) is 9.97 Å². The highest BCUT2D eigenvalue weighted by atomic mass is 16.2. The van der Waals surface area contributed by atoms with Crippen molar-refractivity contribution in [3.8, 4) is 0 Å².